The lowest BCUT2D eigenvalue weighted by Crippen LogP contribution is -2.39. The summed E-state index contributed by atoms with van der Waals surface area (Å²) in [6.07, 6.45) is -3.35. The Labute approximate surface area is 146 Å². The number of aliphatic imine (C=N–C) groups is 1. The van der Waals surface area contributed by atoms with Crippen molar-refractivity contribution in [3.63, 3.8) is 0 Å². The average Bonchev–Trinajstić information content (AvgIpc) is 2.50. The van der Waals surface area contributed by atoms with Crippen molar-refractivity contribution in [2.45, 2.75) is 26.1 Å². The van der Waals surface area contributed by atoms with Crippen LogP contribution in [0.15, 0.2) is 29.3 Å². The molecule has 0 fully saturated rings. The molecule has 142 valence electrons. The largest absolute Gasteiger partial charge is 0.416 e. The normalized spacial score (nSPS) is 14.2. The monoisotopic (exact) mass is 380 g/mol. The summed E-state index contributed by atoms with van der Waals surface area (Å²) in [5, 5.41) is 5.97. The molecule has 6 nitrogen and oxygen atoms in total. The van der Waals surface area contributed by atoms with Crippen molar-refractivity contribution >= 4 is 16.0 Å². The number of hydrogen-bond donors (Lipinski definition) is 3. The number of nitrogens with one attached hydrogen (secondary N) is 3. The highest BCUT2D eigenvalue weighted by atomic mass is 32.2. The van der Waals surface area contributed by atoms with Gasteiger partial charge in [-0.25, -0.2) is 13.1 Å². The molecular formula is C15H23F3N4O2S. The van der Waals surface area contributed by atoms with Gasteiger partial charge in [-0.3, -0.25) is 4.99 Å². The minimum Gasteiger partial charge on any atom is -0.357 e. The third-order valence-electron chi connectivity index (χ3n) is 3.16. The van der Waals surface area contributed by atoms with Crippen molar-refractivity contribution in [3.05, 3.63) is 35.4 Å². The Hall–Kier alpha value is -1.81. The van der Waals surface area contributed by atoms with Crippen LogP contribution < -0.4 is 15.4 Å². The SMILES string of the molecule is CCNC(=NCCNS(C)(=O)=O)NC(C)c1cccc(C(F)(F)F)c1. The van der Waals surface area contributed by atoms with E-state index in [0.29, 0.717) is 18.1 Å². The Kier molecular flexibility index (Phi) is 7.68. The molecule has 0 aliphatic carbocycles. The zero-order valence-electron chi connectivity index (χ0n) is 14.3. The van der Waals surface area contributed by atoms with Gasteiger partial charge in [0.25, 0.3) is 0 Å². The highest BCUT2D eigenvalue weighted by Gasteiger charge is 2.30. The molecule has 1 unspecified atom stereocenters. The molecule has 0 saturated carbocycles. The molecule has 0 aliphatic heterocycles. The number of alkyl halides is 3. The number of sulfonamides is 1. The maximum atomic E-state index is 12.8. The molecular weight excluding hydrogens is 357 g/mol. The van der Waals surface area contributed by atoms with E-state index < -0.39 is 27.8 Å². The zero-order chi connectivity index (χ0) is 19.1. The third-order valence-corrected chi connectivity index (χ3v) is 3.89. The summed E-state index contributed by atoms with van der Waals surface area (Å²) in [4.78, 5) is 4.20. The van der Waals surface area contributed by atoms with Gasteiger partial charge in [0.2, 0.25) is 10.0 Å². The molecule has 1 aromatic carbocycles. The van der Waals surface area contributed by atoms with Crippen LogP contribution in [-0.2, 0) is 16.2 Å². The van der Waals surface area contributed by atoms with E-state index in [1.807, 2.05) is 6.92 Å². The third kappa shape index (κ3) is 8.21. The van der Waals surface area contributed by atoms with Crippen molar-refractivity contribution in [1.82, 2.24) is 15.4 Å². The van der Waals surface area contributed by atoms with Crippen LogP contribution in [0.2, 0.25) is 0 Å². The summed E-state index contributed by atoms with van der Waals surface area (Å²) in [6.45, 7) is 4.45. The van der Waals surface area contributed by atoms with Crippen LogP contribution >= 0.6 is 0 Å². The number of nitrogens with zero attached hydrogens (tertiary/aromatic N) is 1. The Balaban J connectivity index is 2.77. The lowest BCUT2D eigenvalue weighted by Gasteiger charge is -2.19. The first kappa shape index (κ1) is 21.2. The molecule has 1 rings (SSSR count). The van der Waals surface area contributed by atoms with Crippen LogP contribution in [-0.4, -0.2) is 40.3 Å². The standard InChI is InChI=1S/C15H23F3N4O2S/c1-4-19-14(20-8-9-21-25(3,23)24)22-11(2)12-6-5-7-13(10-12)15(16,17)18/h5-7,10-11,21H,4,8-9H2,1-3H3,(H2,19,20,22). The molecule has 0 aromatic heterocycles. The van der Waals surface area contributed by atoms with Gasteiger partial charge in [-0.2, -0.15) is 13.2 Å². The Morgan fingerprint density at radius 1 is 1.32 bits per heavy atom. The van der Waals surface area contributed by atoms with Crippen LogP contribution in [0.1, 0.15) is 31.0 Å². The van der Waals surface area contributed by atoms with E-state index in [2.05, 4.69) is 20.3 Å². The molecule has 0 radical (unpaired) electrons. The van der Waals surface area contributed by atoms with Gasteiger partial charge in [0.05, 0.1) is 24.4 Å². The number of halogens is 3. The van der Waals surface area contributed by atoms with Crippen LogP contribution in [0.4, 0.5) is 13.2 Å². The van der Waals surface area contributed by atoms with Gasteiger partial charge in [0.15, 0.2) is 5.96 Å². The molecule has 1 aromatic rings. The molecule has 10 heteroatoms. The molecule has 0 bridgehead atoms. The number of rotatable bonds is 7. The minimum atomic E-state index is -4.40. The summed E-state index contributed by atoms with van der Waals surface area (Å²) >= 11 is 0. The second-order valence-electron chi connectivity index (χ2n) is 5.42. The van der Waals surface area contributed by atoms with E-state index in [9.17, 15) is 21.6 Å². The molecule has 3 N–H and O–H groups in total. The molecule has 25 heavy (non-hydrogen) atoms. The van der Waals surface area contributed by atoms with Crippen molar-refractivity contribution in [3.8, 4) is 0 Å². The summed E-state index contributed by atoms with van der Waals surface area (Å²) in [5.41, 5.74) is -0.243. The van der Waals surface area contributed by atoms with Gasteiger partial charge < -0.3 is 10.6 Å². The number of guanidine groups is 1. The van der Waals surface area contributed by atoms with Crippen molar-refractivity contribution in [2.24, 2.45) is 4.99 Å². The van der Waals surface area contributed by atoms with Gasteiger partial charge in [-0.05, 0) is 31.5 Å². The lowest BCUT2D eigenvalue weighted by atomic mass is 10.1. The minimum absolute atomic E-state index is 0.132. The number of hydrogen-bond acceptors (Lipinski definition) is 3. The lowest BCUT2D eigenvalue weighted by molar-refractivity contribution is -0.137. The Morgan fingerprint density at radius 3 is 2.56 bits per heavy atom. The van der Waals surface area contributed by atoms with Gasteiger partial charge in [0, 0.05) is 13.1 Å². The zero-order valence-corrected chi connectivity index (χ0v) is 15.1. The van der Waals surface area contributed by atoms with Crippen LogP contribution in [0.25, 0.3) is 0 Å². The Bertz CT molecular complexity index is 690. The predicted molar refractivity (Wildman–Crippen MR) is 91.8 cm³/mol. The Morgan fingerprint density at radius 2 is 2.00 bits per heavy atom. The maximum absolute atomic E-state index is 12.8. The van der Waals surface area contributed by atoms with E-state index in [1.54, 1.807) is 13.0 Å². The van der Waals surface area contributed by atoms with Crippen molar-refractivity contribution in [2.75, 3.05) is 25.9 Å². The molecule has 0 heterocycles. The predicted octanol–water partition coefficient (Wildman–Crippen LogP) is 1.87. The average molecular weight is 380 g/mol. The molecule has 0 saturated heterocycles. The molecule has 1 atom stereocenters. The highest BCUT2D eigenvalue weighted by molar-refractivity contribution is 7.88. The topological polar surface area (TPSA) is 82.6 Å². The summed E-state index contributed by atoms with van der Waals surface area (Å²) in [5.74, 6) is 0.391. The fraction of sp³-hybridized carbons (Fsp3) is 0.533. The molecule has 0 spiro atoms. The van der Waals surface area contributed by atoms with Gasteiger partial charge in [0.1, 0.15) is 0 Å². The first-order valence-electron chi connectivity index (χ1n) is 7.69. The highest BCUT2D eigenvalue weighted by Crippen LogP contribution is 2.30. The van der Waals surface area contributed by atoms with Gasteiger partial charge in [-0.1, -0.05) is 12.1 Å². The maximum Gasteiger partial charge on any atom is 0.416 e. The van der Waals surface area contributed by atoms with E-state index in [-0.39, 0.29) is 13.1 Å². The van der Waals surface area contributed by atoms with Crippen molar-refractivity contribution < 1.29 is 21.6 Å². The van der Waals surface area contributed by atoms with E-state index in [0.717, 1.165) is 18.4 Å². The van der Waals surface area contributed by atoms with Gasteiger partial charge in [-0.15, -0.1) is 0 Å². The fourth-order valence-electron chi connectivity index (χ4n) is 1.99. The second-order valence-corrected chi connectivity index (χ2v) is 7.25. The quantitative estimate of drug-likeness (QED) is 0.383. The van der Waals surface area contributed by atoms with E-state index >= 15 is 0 Å². The second kappa shape index (κ2) is 9.04. The summed E-state index contributed by atoms with van der Waals surface area (Å²) in [7, 11) is -3.29. The first-order chi connectivity index (χ1) is 11.5. The van der Waals surface area contributed by atoms with E-state index in [4.69, 9.17) is 0 Å². The van der Waals surface area contributed by atoms with Crippen LogP contribution in [0.5, 0.6) is 0 Å². The molecule has 0 aliphatic rings. The number of benzene rings is 1. The van der Waals surface area contributed by atoms with Crippen LogP contribution in [0.3, 0.4) is 0 Å². The van der Waals surface area contributed by atoms with Crippen LogP contribution in [0, 0.1) is 0 Å². The summed E-state index contributed by atoms with van der Waals surface area (Å²) in [6, 6.07) is 4.65. The van der Waals surface area contributed by atoms with Gasteiger partial charge >= 0.3 is 6.18 Å². The van der Waals surface area contributed by atoms with E-state index in [1.165, 1.54) is 6.07 Å². The summed E-state index contributed by atoms with van der Waals surface area (Å²) < 4.78 is 62.7. The smallest absolute Gasteiger partial charge is 0.357 e. The fourth-order valence-corrected chi connectivity index (χ4v) is 2.45. The van der Waals surface area contributed by atoms with Crippen molar-refractivity contribution in [1.29, 1.82) is 0 Å². The molecule has 0 amide bonds. The first-order valence-corrected chi connectivity index (χ1v) is 9.58.